The summed E-state index contributed by atoms with van der Waals surface area (Å²) in [6.07, 6.45) is 3.61. The summed E-state index contributed by atoms with van der Waals surface area (Å²) in [5.41, 5.74) is -0.173. The van der Waals surface area contributed by atoms with Crippen LogP contribution in [-0.2, 0) is 22.5 Å². The van der Waals surface area contributed by atoms with Crippen LogP contribution in [0, 0.1) is 5.41 Å². The number of amides is 1. The lowest BCUT2D eigenvalue weighted by Gasteiger charge is -2.23. The van der Waals surface area contributed by atoms with Gasteiger partial charge in [0.05, 0.1) is 18.6 Å². The molecule has 2 saturated heterocycles. The predicted octanol–water partition coefficient (Wildman–Crippen LogP) is 1.09. The second kappa shape index (κ2) is 6.97. The van der Waals surface area contributed by atoms with Crippen molar-refractivity contribution in [1.29, 1.82) is 0 Å². The van der Waals surface area contributed by atoms with Gasteiger partial charge in [0.1, 0.15) is 0 Å². The Balaban J connectivity index is 1.56. The number of carbonyl (C=O) groups is 1. The molecule has 128 valence electrons. The van der Waals surface area contributed by atoms with Crippen molar-refractivity contribution in [2.24, 2.45) is 5.41 Å². The minimum absolute atomic E-state index is 0.173. The molecule has 2 aliphatic heterocycles. The van der Waals surface area contributed by atoms with Gasteiger partial charge in [-0.05, 0) is 25.8 Å². The Morgan fingerprint density at radius 1 is 1.35 bits per heavy atom. The number of carbonyl (C=O) groups excluding carboxylic acids is 1. The molecule has 1 aromatic rings. The largest absolute Gasteiger partial charge is 0.384 e. The predicted molar refractivity (Wildman–Crippen MR) is 83.7 cm³/mol. The van der Waals surface area contributed by atoms with E-state index in [-0.39, 0.29) is 5.41 Å². The summed E-state index contributed by atoms with van der Waals surface area (Å²) >= 11 is 0. The highest BCUT2D eigenvalue weighted by atomic mass is 16.5. The molecule has 1 aromatic heterocycles. The number of ether oxygens (including phenoxy) is 1. The highest BCUT2D eigenvalue weighted by Gasteiger charge is 2.50. The maximum absolute atomic E-state index is 12.7. The van der Waals surface area contributed by atoms with Crippen LogP contribution in [0.25, 0.3) is 0 Å². The summed E-state index contributed by atoms with van der Waals surface area (Å²) in [6, 6.07) is 0. The van der Waals surface area contributed by atoms with Crippen LogP contribution in [0.5, 0.6) is 0 Å². The Labute approximate surface area is 137 Å². The third-order valence-corrected chi connectivity index (χ3v) is 4.93. The molecule has 0 bridgehead atoms. The maximum atomic E-state index is 12.7. The monoisotopic (exact) mass is 322 g/mol. The third kappa shape index (κ3) is 3.40. The zero-order valence-electron chi connectivity index (χ0n) is 14.1. The number of aromatic nitrogens is 2. The molecule has 1 spiro atoms. The third-order valence-electron chi connectivity index (χ3n) is 4.93. The fourth-order valence-corrected chi connectivity index (χ4v) is 3.69. The van der Waals surface area contributed by atoms with E-state index in [1.165, 1.54) is 0 Å². The van der Waals surface area contributed by atoms with Gasteiger partial charge in [0.25, 0.3) is 0 Å². The van der Waals surface area contributed by atoms with Crippen LogP contribution in [0.3, 0.4) is 0 Å². The van der Waals surface area contributed by atoms with E-state index in [1.807, 2.05) is 4.90 Å². The van der Waals surface area contributed by atoms with Crippen molar-refractivity contribution >= 4 is 5.91 Å². The SMILES string of the molecule is CCCN1CCC2(CCN(Cc3nc(CCOC)no3)C2)C1=O. The summed E-state index contributed by atoms with van der Waals surface area (Å²) < 4.78 is 10.3. The molecule has 3 rings (SSSR count). The van der Waals surface area contributed by atoms with Gasteiger partial charge in [0.2, 0.25) is 11.8 Å². The van der Waals surface area contributed by atoms with Crippen LogP contribution in [0.2, 0.25) is 0 Å². The van der Waals surface area contributed by atoms with E-state index < -0.39 is 0 Å². The van der Waals surface area contributed by atoms with E-state index in [4.69, 9.17) is 9.26 Å². The first-order valence-electron chi connectivity index (χ1n) is 8.49. The van der Waals surface area contributed by atoms with Gasteiger partial charge in [-0.15, -0.1) is 0 Å². The van der Waals surface area contributed by atoms with Gasteiger partial charge in [-0.1, -0.05) is 12.1 Å². The Morgan fingerprint density at radius 2 is 2.17 bits per heavy atom. The number of rotatable bonds is 7. The summed E-state index contributed by atoms with van der Waals surface area (Å²) in [4.78, 5) is 21.4. The van der Waals surface area contributed by atoms with Crippen molar-refractivity contribution in [2.75, 3.05) is 39.9 Å². The highest BCUT2D eigenvalue weighted by molar-refractivity contribution is 5.85. The molecule has 2 aliphatic rings. The summed E-state index contributed by atoms with van der Waals surface area (Å²) in [7, 11) is 1.66. The molecule has 0 radical (unpaired) electrons. The van der Waals surface area contributed by atoms with Gasteiger partial charge in [0, 0.05) is 33.2 Å². The molecule has 0 aromatic carbocycles. The molecule has 0 aliphatic carbocycles. The molecule has 2 fully saturated rings. The zero-order valence-corrected chi connectivity index (χ0v) is 14.1. The fourth-order valence-electron chi connectivity index (χ4n) is 3.69. The average molecular weight is 322 g/mol. The van der Waals surface area contributed by atoms with Crippen molar-refractivity contribution in [3.05, 3.63) is 11.7 Å². The van der Waals surface area contributed by atoms with E-state index >= 15 is 0 Å². The van der Waals surface area contributed by atoms with Gasteiger partial charge in [-0.3, -0.25) is 9.69 Å². The zero-order chi connectivity index (χ0) is 16.3. The van der Waals surface area contributed by atoms with E-state index in [2.05, 4.69) is 22.0 Å². The number of hydrogen-bond donors (Lipinski definition) is 0. The minimum atomic E-state index is -0.173. The number of hydrogen-bond acceptors (Lipinski definition) is 6. The molecule has 1 atom stereocenters. The lowest BCUT2D eigenvalue weighted by atomic mass is 9.85. The van der Waals surface area contributed by atoms with E-state index in [0.29, 0.717) is 37.2 Å². The van der Waals surface area contributed by atoms with Crippen LogP contribution < -0.4 is 0 Å². The fraction of sp³-hybridized carbons (Fsp3) is 0.812. The molecule has 7 heteroatoms. The molecular formula is C16H26N4O3. The highest BCUT2D eigenvalue weighted by Crippen LogP contribution is 2.41. The summed E-state index contributed by atoms with van der Waals surface area (Å²) in [5.74, 6) is 1.65. The van der Waals surface area contributed by atoms with Crippen LogP contribution >= 0.6 is 0 Å². The molecular weight excluding hydrogens is 296 g/mol. The second-order valence-corrected chi connectivity index (χ2v) is 6.63. The summed E-state index contributed by atoms with van der Waals surface area (Å²) in [6.45, 7) is 6.85. The first-order chi connectivity index (χ1) is 11.2. The van der Waals surface area contributed by atoms with Gasteiger partial charge in [-0.25, -0.2) is 0 Å². The van der Waals surface area contributed by atoms with E-state index in [1.54, 1.807) is 7.11 Å². The van der Waals surface area contributed by atoms with Gasteiger partial charge in [-0.2, -0.15) is 4.98 Å². The number of nitrogens with zero attached hydrogens (tertiary/aromatic N) is 4. The van der Waals surface area contributed by atoms with E-state index in [0.717, 1.165) is 45.4 Å². The van der Waals surface area contributed by atoms with Crippen molar-refractivity contribution < 1.29 is 14.1 Å². The Hall–Kier alpha value is -1.47. The molecule has 0 N–H and O–H groups in total. The normalized spacial score (nSPS) is 25.1. The van der Waals surface area contributed by atoms with Gasteiger partial charge < -0.3 is 14.2 Å². The van der Waals surface area contributed by atoms with E-state index in [9.17, 15) is 4.79 Å². The standard InChI is InChI=1S/C16H26N4O3/c1-3-7-20-9-6-16(15(20)21)5-8-19(12-16)11-14-17-13(18-23-14)4-10-22-2/h3-12H2,1-2H3. The second-order valence-electron chi connectivity index (χ2n) is 6.63. The molecule has 1 unspecified atom stereocenters. The Kier molecular flexibility index (Phi) is 4.96. The first kappa shape index (κ1) is 16.4. The number of methoxy groups -OCH3 is 1. The van der Waals surface area contributed by atoms with Crippen molar-refractivity contribution in [3.63, 3.8) is 0 Å². The van der Waals surface area contributed by atoms with Crippen LogP contribution in [0.15, 0.2) is 4.52 Å². The van der Waals surface area contributed by atoms with Crippen LogP contribution in [0.1, 0.15) is 37.9 Å². The quantitative estimate of drug-likeness (QED) is 0.748. The topological polar surface area (TPSA) is 71.7 Å². The average Bonchev–Trinajstić information content (AvgIpc) is 3.23. The van der Waals surface area contributed by atoms with Gasteiger partial charge in [0.15, 0.2) is 5.82 Å². The lowest BCUT2D eigenvalue weighted by Crippen LogP contribution is -2.37. The molecule has 23 heavy (non-hydrogen) atoms. The molecule has 7 nitrogen and oxygen atoms in total. The smallest absolute Gasteiger partial charge is 0.240 e. The van der Waals surface area contributed by atoms with Crippen molar-refractivity contribution in [2.45, 2.75) is 39.2 Å². The molecule has 0 saturated carbocycles. The summed E-state index contributed by atoms with van der Waals surface area (Å²) in [5, 5.41) is 3.97. The van der Waals surface area contributed by atoms with Gasteiger partial charge >= 0.3 is 0 Å². The van der Waals surface area contributed by atoms with Crippen molar-refractivity contribution in [1.82, 2.24) is 19.9 Å². The number of likely N-dealkylation sites (tertiary alicyclic amines) is 2. The van der Waals surface area contributed by atoms with Crippen LogP contribution in [-0.4, -0.2) is 65.7 Å². The van der Waals surface area contributed by atoms with Crippen molar-refractivity contribution in [3.8, 4) is 0 Å². The van der Waals surface area contributed by atoms with Crippen LogP contribution in [0.4, 0.5) is 0 Å². The Morgan fingerprint density at radius 3 is 2.96 bits per heavy atom. The maximum Gasteiger partial charge on any atom is 0.240 e. The molecule has 3 heterocycles. The first-order valence-corrected chi connectivity index (χ1v) is 8.49. The minimum Gasteiger partial charge on any atom is -0.384 e. The molecule has 1 amide bonds. The Bertz CT molecular complexity index is 547. The lowest BCUT2D eigenvalue weighted by molar-refractivity contribution is -0.135.